The highest BCUT2D eigenvalue weighted by Crippen LogP contribution is 2.37. The zero-order valence-electron chi connectivity index (χ0n) is 20.1. The highest BCUT2D eigenvalue weighted by Gasteiger charge is 2.37. The van der Waals surface area contributed by atoms with E-state index in [9.17, 15) is 17.6 Å². The average molecular weight is 495 g/mol. The largest absolute Gasteiger partial charge is 0.434 e. The number of H-pyrrole nitrogens is 1. The maximum absolute atomic E-state index is 14.9. The highest BCUT2D eigenvalue weighted by molar-refractivity contribution is 7.87. The topological polar surface area (TPSA) is 108 Å². The molecule has 1 aromatic carbocycles. The Morgan fingerprint density at radius 2 is 1.76 bits per heavy atom. The Morgan fingerprint density at radius 1 is 1.12 bits per heavy atom. The predicted octanol–water partition coefficient (Wildman–Crippen LogP) is 4.09. The van der Waals surface area contributed by atoms with E-state index in [2.05, 4.69) is 14.9 Å². The van der Waals surface area contributed by atoms with Gasteiger partial charge in [0.25, 0.3) is 10.2 Å². The van der Waals surface area contributed by atoms with Crippen molar-refractivity contribution in [2.75, 3.05) is 13.1 Å². The molecule has 2 N–H and O–H groups in total. The summed E-state index contributed by atoms with van der Waals surface area (Å²) in [7, 11) is -3.92. The van der Waals surface area contributed by atoms with Gasteiger partial charge >= 0.3 is 5.76 Å². The fourth-order valence-corrected chi connectivity index (χ4v) is 7.17. The van der Waals surface area contributed by atoms with Gasteiger partial charge in [0.15, 0.2) is 0 Å². The van der Waals surface area contributed by atoms with E-state index in [-0.39, 0.29) is 5.89 Å². The second-order valence-corrected chi connectivity index (χ2v) is 11.6. The summed E-state index contributed by atoms with van der Waals surface area (Å²) in [6.45, 7) is 6.27. The number of aryl methyl sites for hydroxylation is 1. The van der Waals surface area contributed by atoms with Crippen LogP contribution in [0.1, 0.15) is 86.4 Å². The molecule has 0 bridgehead atoms. The van der Waals surface area contributed by atoms with E-state index in [4.69, 9.17) is 4.42 Å². The van der Waals surface area contributed by atoms with E-state index in [1.54, 1.807) is 19.9 Å². The van der Waals surface area contributed by atoms with Crippen molar-refractivity contribution in [3.63, 3.8) is 0 Å². The standard InChI is InChI=1S/C24H35FN4O4S/c1-15-9-10-20(25)21(16(15)2)17(3)22(23-26-27-24(30)33-23)28-34(31,32)29-13-11-19(12-14-29)18-7-5-4-6-8-18/h9-10,17-19,22,28H,4-8,11-14H2,1-3H3,(H,27,30)/t17-,22-/m0/s1. The molecule has 188 valence electrons. The lowest BCUT2D eigenvalue weighted by molar-refractivity contribution is 0.169. The number of nitrogens with zero attached hydrogens (tertiary/aromatic N) is 2. The van der Waals surface area contributed by atoms with E-state index in [0.717, 1.165) is 24.0 Å². The Balaban J connectivity index is 1.55. The molecule has 2 fully saturated rings. The predicted molar refractivity (Wildman–Crippen MR) is 127 cm³/mol. The Bertz CT molecular complexity index is 1150. The number of nitrogens with one attached hydrogen (secondary N) is 2. The normalized spacial score (nSPS) is 20.9. The minimum absolute atomic E-state index is 0.113. The number of halogens is 1. The van der Waals surface area contributed by atoms with Crippen molar-refractivity contribution in [3.05, 3.63) is 51.1 Å². The fraction of sp³-hybridized carbons (Fsp3) is 0.667. The third kappa shape index (κ3) is 5.28. The number of aromatic nitrogens is 2. The summed E-state index contributed by atoms with van der Waals surface area (Å²) in [6, 6.07) is 2.01. The van der Waals surface area contributed by atoms with Gasteiger partial charge in [-0.15, -0.1) is 5.10 Å². The third-order valence-electron chi connectivity index (χ3n) is 7.84. The number of benzene rings is 1. The van der Waals surface area contributed by atoms with Gasteiger partial charge in [-0.2, -0.15) is 17.4 Å². The Kier molecular flexibility index (Phi) is 7.59. The highest BCUT2D eigenvalue weighted by atomic mass is 32.2. The Labute approximate surface area is 200 Å². The molecule has 4 rings (SSSR count). The molecule has 10 heteroatoms. The van der Waals surface area contributed by atoms with Crippen LogP contribution in [0.15, 0.2) is 21.3 Å². The Hall–Kier alpha value is -2.04. The van der Waals surface area contributed by atoms with Crippen LogP contribution in [0.3, 0.4) is 0 Å². The molecule has 8 nitrogen and oxygen atoms in total. The van der Waals surface area contributed by atoms with Gasteiger partial charge in [-0.1, -0.05) is 45.1 Å². The summed E-state index contributed by atoms with van der Waals surface area (Å²) < 4.78 is 50.9. The number of hydrogen-bond donors (Lipinski definition) is 2. The van der Waals surface area contributed by atoms with E-state index in [1.165, 1.54) is 42.5 Å². The Morgan fingerprint density at radius 3 is 2.38 bits per heavy atom. The van der Waals surface area contributed by atoms with Crippen molar-refractivity contribution in [1.29, 1.82) is 0 Å². The summed E-state index contributed by atoms with van der Waals surface area (Å²) >= 11 is 0. The van der Waals surface area contributed by atoms with Crippen LogP contribution < -0.4 is 10.5 Å². The first-order valence-electron chi connectivity index (χ1n) is 12.3. The number of rotatable bonds is 7. The fourth-order valence-electron chi connectivity index (χ4n) is 5.70. The lowest BCUT2D eigenvalue weighted by Gasteiger charge is -2.37. The van der Waals surface area contributed by atoms with Crippen LogP contribution in [0.25, 0.3) is 0 Å². The molecule has 2 heterocycles. The van der Waals surface area contributed by atoms with Gasteiger partial charge in [-0.25, -0.2) is 14.3 Å². The van der Waals surface area contributed by atoms with E-state index >= 15 is 0 Å². The first-order valence-corrected chi connectivity index (χ1v) is 13.7. The zero-order chi connectivity index (χ0) is 24.5. The molecule has 1 aliphatic heterocycles. The summed E-state index contributed by atoms with van der Waals surface area (Å²) in [4.78, 5) is 11.6. The van der Waals surface area contributed by atoms with Crippen molar-refractivity contribution in [3.8, 4) is 0 Å². The molecule has 0 amide bonds. The summed E-state index contributed by atoms with van der Waals surface area (Å²) in [5.41, 5.74) is 1.98. The first-order chi connectivity index (χ1) is 16.2. The lowest BCUT2D eigenvalue weighted by atomic mass is 9.76. The zero-order valence-corrected chi connectivity index (χ0v) is 21.0. The van der Waals surface area contributed by atoms with E-state index < -0.39 is 33.7 Å². The molecule has 0 unspecified atom stereocenters. The van der Waals surface area contributed by atoms with Crippen LogP contribution >= 0.6 is 0 Å². The molecule has 1 saturated heterocycles. The second-order valence-electron chi connectivity index (χ2n) is 9.88. The van der Waals surface area contributed by atoms with Gasteiger partial charge < -0.3 is 4.42 Å². The summed E-state index contributed by atoms with van der Waals surface area (Å²) in [6.07, 6.45) is 8.02. The number of aromatic amines is 1. The van der Waals surface area contributed by atoms with Crippen LogP contribution in [0.5, 0.6) is 0 Å². The first kappa shape index (κ1) is 25.1. The van der Waals surface area contributed by atoms with Gasteiger partial charge in [-0.05, 0) is 61.3 Å². The van der Waals surface area contributed by atoms with Gasteiger partial charge in [0.05, 0.1) is 0 Å². The summed E-state index contributed by atoms with van der Waals surface area (Å²) in [5.74, 6) is -0.744. The van der Waals surface area contributed by atoms with Crippen LogP contribution in [-0.4, -0.2) is 36.0 Å². The SMILES string of the molecule is Cc1ccc(F)c([C@H](C)[C@H](NS(=O)(=O)N2CCC(C3CCCCC3)CC2)c2n[nH]c(=O)o2)c1C. The van der Waals surface area contributed by atoms with Crippen LogP contribution in [0.4, 0.5) is 4.39 Å². The smallest absolute Gasteiger partial charge is 0.391 e. The quantitative estimate of drug-likeness (QED) is 0.603. The molecule has 0 radical (unpaired) electrons. The maximum Gasteiger partial charge on any atom is 0.434 e. The van der Waals surface area contributed by atoms with Gasteiger partial charge in [0.2, 0.25) is 5.89 Å². The van der Waals surface area contributed by atoms with Crippen molar-refractivity contribution in [2.45, 2.75) is 77.7 Å². The monoisotopic (exact) mass is 494 g/mol. The number of hydrogen-bond acceptors (Lipinski definition) is 5. The van der Waals surface area contributed by atoms with E-state index in [1.807, 2.05) is 6.92 Å². The molecule has 2 aromatic rings. The maximum atomic E-state index is 14.9. The van der Waals surface area contributed by atoms with E-state index in [0.29, 0.717) is 30.5 Å². The molecule has 2 aliphatic rings. The third-order valence-corrected chi connectivity index (χ3v) is 9.44. The molecule has 1 aliphatic carbocycles. The van der Waals surface area contributed by atoms with Crippen molar-refractivity contribution in [2.24, 2.45) is 11.8 Å². The minimum Gasteiger partial charge on any atom is -0.391 e. The van der Waals surface area contributed by atoms with Crippen LogP contribution in [0, 0.1) is 31.5 Å². The minimum atomic E-state index is -3.92. The lowest BCUT2D eigenvalue weighted by Crippen LogP contribution is -2.47. The molecule has 1 saturated carbocycles. The van der Waals surface area contributed by atoms with Gasteiger partial charge in [0, 0.05) is 19.0 Å². The molecule has 2 atom stereocenters. The average Bonchev–Trinajstić information content (AvgIpc) is 3.26. The van der Waals surface area contributed by atoms with Crippen molar-refractivity contribution < 1.29 is 17.2 Å². The molecule has 1 aromatic heterocycles. The van der Waals surface area contributed by atoms with Crippen LogP contribution in [0.2, 0.25) is 0 Å². The van der Waals surface area contributed by atoms with Crippen LogP contribution in [-0.2, 0) is 10.2 Å². The molecule has 0 spiro atoms. The van der Waals surface area contributed by atoms with Crippen molar-refractivity contribution >= 4 is 10.2 Å². The second kappa shape index (κ2) is 10.3. The number of piperidine rings is 1. The van der Waals surface area contributed by atoms with Crippen molar-refractivity contribution in [1.82, 2.24) is 19.2 Å². The van der Waals surface area contributed by atoms with Gasteiger partial charge in [-0.3, -0.25) is 0 Å². The molecule has 34 heavy (non-hydrogen) atoms. The summed E-state index contributed by atoms with van der Waals surface area (Å²) in [5, 5.41) is 6.06. The molecular weight excluding hydrogens is 459 g/mol. The van der Waals surface area contributed by atoms with Gasteiger partial charge in [0.1, 0.15) is 11.9 Å². The molecular formula is C24H35FN4O4S.